The third-order valence-electron chi connectivity index (χ3n) is 4.57. The van der Waals surface area contributed by atoms with Crippen molar-refractivity contribution in [3.63, 3.8) is 0 Å². The molecule has 1 rings (SSSR count). The van der Waals surface area contributed by atoms with Crippen molar-refractivity contribution in [2.45, 2.75) is 83.7 Å². The van der Waals surface area contributed by atoms with Gasteiger partial charge in [0.2, 0.25) is 0 Å². The van der Waals surface area contributed by atoms with Crippen molar-refractivity contribution in [3.8, 4) is 11.5 Å². The number of unbranched alkanes of at least 4 members (excludes halogenated alkanes) is 8. The first-order valence-corrected chi connectivity index (χ1v) is 9.65. The summed E-state index contributed by atoms with van der Waals surface area (Å²) in [5, 5.41) is 19.8. The molecule has 0 heterocycles. The first-order valence-electron chi connectivity index (χ1n) is 9.65. The highest BCUT2D eigenvalue weighted by Gasteiger charge is 2.15. The number of aromatic hydroxyl groups is 1. The molecule has 0 saturated carbocycles. The molecule has 25 heavy (non-hydrogen) atoms. The molecule has 0 spiro atoms. The third kappa shape index (κ3) is 8.92. The summed E-state index contributed by atoms with van der Waals surface area (Å²) in [6.45, 7) is 2.23. The number of aliphatic hydroxyl groups excluding tert-OH is 1. The van der Waals surface area contributed by atoms with E-state index >= 15 is 0 Å². The molecule has 0 aliphatic rings. The number of carbonyl (C=O) groups excluding carboxylic acids is 1. The van der Waals surface area contributed by atoms with Crippen LogP contribution in [-0.2, 0) is 4.79 Å². The Hall–Kier alpha value is -1.55. The zero-order valence-electron chi connectivity index (χ0n) is 15.8. The van der Waals surface area contributed by atoms with Gasteiger partial charge in [-0.2, -0.15) is 0 Å². The molecule has 0 saturated heterocycles. The lowest BCUT2D eigenvalue weighted by Gasteiger charge is -2.12. The van der Waals surface area contributed by atoms with Crippen LogP contribution >= 0.6 is 0 Å². The summed E-state index contributed by atoms with van der Waals surface area (Å²) in [6, 6.07) is 4.67. The molecule has 1 unspecified atom stereocenters. The standard InChI is InChI=1S/C21H34O4/c1-3-4-5-6-7-8-9-10-11-12-18(22)16-20(24)17-13-14-19(23)21(15-17)25-2/h13-15,20,23-24H,3-12,16H2,1-2H3. The Bertz CT molecular complexity index is 499. The maximum Gasteiger partial charge on any atom is 0.160 e. The van der Waals surface area contributed by atoms with Gasteiger partial charge in [-0.25, -0.2) is 0 Å². The van der Waals surface area contributed by atoms with Crippen LogP contribution in [0.4, 0.5) is 0 Å². The molecular weight excluding hydrogens is 316 g/mol. The van der Waals surface area contributed by atoms with E-state index in [9.17, 15) is 15.0 Å². The number of rotatable bonds is 14. The number of ketones is 1. The Balaban J connectivity index is 2.17. The van der Waals surface area contributed by atoms with E-state index in [1.165, 1.54) is 58.1 Å². The van der Waals surface area contributed by atoms with Crippen LogP contribution in [0.2, 0.25) is 0 Å². The Labute approximate surface area is 152 Å². The van der Waals surface area contributed by atoms with Gasteiger partial charge in [-0.1, -0.05) is 64.4 Å². The summed E-state index contributed by atoms with van der Waals surface area (Å²) in [5.41, 5.74) is 0.593. The molecule has 2 N–H and O–H groups in total. The Morgan fingerprint density at radius 2 is 1.64 bits per heavy atom. The van der Waals surface area contributed by atoms with Crippen molar-refractivity contribution >= 4 is 5.78 Å². The van der Waals surface area contributed by atoms with Crippen LogP contribution in [-0.4, -0.2) is 23.1 Å². The molecule has 0 radical (unpaired) electrons. The quantitative estimate of drug-likeness (QED) is 0.446. The molecular formula is C21H34O4. The Morgan fingerprint density at radius 1 is 1.04 bits per heavy atom. The first-order chi connectivity index (χ1) is 12.1. The number of phenols is 1. The van der Waals surface area contributed by atoms with Crippen LogP contribution in [0.15, 0.2) is 18.2 Å². The van der Waals surface area contributed by atoms with Gasteiger partial charge >= 0.3 is 0 Å². The van der Waals surface area contributed by atoms with Crippen molar-refractivity contribution in [2.75, 3.05) is 7.11 Å². The Morgan fingerprint density at radius 3 is 2.24 bits per heavy atom. The minimum atomic E-state index is -0.847. The van der Waals surface area contributed by atoms with Gasteiger partial charge in [-0.15, -0.1) is 0 Å². The van der Waals surface area contributed by atoms with Crippen LogP contribution in [0.1, 0.15) is 89.2 Å². The molecule has 142 valence electrons. The fourth-order valence-corrected chi connectivity index (χ4v) is 2.97. The molecule has 0 aliphatic carbocycles. The summed E-state index contributed by atoms with van der Waals surface area (Å²) in [6.07, 6.45) is 10.8. The fourth-order valence-electron chi connectivity index (χ4n) is 2.97. The second kappa shape index (κ2) is 12.8. The summed E-state index contributed by atoms with van der Waals surface area (Å²) < 4.78 is 5.03. The van der Waals surface area contributed by atoms with Crippen molar-refractivity contribution < 1.29 is 19.7 Å². The molecule has 4 heteroatoms. The predicted molar refractivity (Wildman–Crippen MR) is 101 cm³/mol. The lowest BCUT2D eigenvalue weighted by atomic mass is 10.00. The van der Waals surface area contributed by atoms with E-state index in [1.54, 1.807) is 12.1 Å². The van der Waals surface area contributed by atoms with Crippen LogP contribution < -0.4 is 4.74 Å². The number of hydrogen-bond donors (Lipinski definition) is 2. The minimum absolute atomic E-state index is 0.0273. The van der Waals surface area contributed by atoms with Gasteiger partial charge in [0.05, 0.1) is 13.2 Å². The fraction of sp³-hybridized carbons (Fsp3) is 0.667. The van der Waals surface area contributed by atoms with E-state index in [0.29, 0.717) is 17.7 Å². The smallest absolute Gasteiger partial charge is 0.160 e. The molecule has 1 atom stereocenters. The molecule has 0 aromatic heterocycles. The normalized spacial score (nSPS) is 12.1. The monoisotopic (exact) mass is 350 g/mol. The zero-order chi connectivity index (χ0) is 18.5. The van der Waals surface area contributed by atoms with Crippen LogP contribution in [0.5, 0.6) is 11.5 Å². The van der Waals surface area contributed by atoms with Crippen LogP contribution in [0.3, 0.4) is 0 Å². The van der Waals surface area contributed by atoms with Gasteiger partial charge < -0.3 is 14.9 Å². The van der Waals surface area contributed by atoms with E-state index in [-0.39, 0.29) is 18.0 Å². The lowest BCUT2D eigenvalue weighted by Crippen LogP contribution is -2.07. The highest BCUT2D eigenvalue weighted by atomic mass is 16.5. The van der Waals surface area contributed by atoms with Gasteiger partial charge in [-0.05, 0) is 24.1 Å². The molecule has 0 bridgehead atoms. The van der Waals surface area contributed by atoms with Gasteiger partial charge in [0, 0.05) is 12.8 Å². The number of methoxy groups -OCH3 is 1. The highest BCUT2D eigenvalue weighted by Crippen LogP contribution is 2.30. The summed E-state index contributed by atoms with van der Waals surface area (Å²) >= 11 is 0. The summed E-state index contributed by atoms with van der Waals surface area (Å²) in [7, 11) is 1.46. The average Bonchev–Trinajstić information content (AvgIpc) is 2.60. The number of ether oxygens (including phenoxy) is 1. The number of carbonyl (C=O) groups is 1. The van der Waals surface area contributed by atoms with E-state index < -0.39 is 6.10 Å². The van der Waals surface area contributed by atoms with Gasteiger partial charge in [0.15, 0.2) is 11.5 Å². The highest BCUT2D eigenvalue weighted by molar-refractivity contribution is 5.79. The molecule has 0 amide bonds. The Kier molecular flexibility index (Phi) is 11.0. The number of aliphatic hydroxyl groups is 1. The second-order valence-electron chi connectivity index (χ2n) is 6.77. The number of hydrogen-bond acceptors (Lipinski definition) is 4. The van der Waals surface area contributed by atoms with Gasteiger partial charge in [-0.3, -0.25) is 4.79 Å². The second-order valence-corrected chi connectivity index (χ2v) is 6.77. The van der Waals surface area contributed by atoms with Crippen molar-refractivity contribution in [2.24, 2.45) is 0 Å². The average molecular weight is 350 g/mol. The number of benzene rings is 1. The van der Waals surface area contributed by atoms with Crippen molar-refractivity contribution in [1.82, 2.24) is 0 Å². The van der Waals surface area contributed by atoms with E-state index in [0.717, 1.165) is 12.8 Å². The number of Topliss-reactive ketones (excluding diaryl/α,β-unsaturated/α-hetero) is 1. The van der Waals surface area contributed by atoms with Gasteiger partial charge in [0.1, 0.15) is 5.78 Å². The molecule has 0 fully saturated rings. The van der Waals surface area contributed by atoms with E-state index in [4.69, 9.17) is 4.74 Å². The zero-order valence-corrected chi connectivity index (χ0v) is 15.8. The largest absolute Gasteiger partial charge is 0.504 e. The number of phenolic OH excluding ortho intramolecular Hbond substituents is 1. The van der Waals surface area contributed by atoms with Crippen LogP contribution in [0, 0.1) is 0 Å². The third-order valence-corrected chi connectivity index (χ3v) is 4.57. The van der Waals surface area contributed by atoms with Crippen molar-refractivity contribution in [1.29, 1.82) is 0 Å². The predicted octanol–water partition coefficient (Wildman–Crippen LogP) is 5.31. The lowest BCUT2D eigenvalue weighted by molar-refractivity contribution is -0.121. The first kappa shape index (κ1) is 21.5. The SMILES string of the molecule is CCCCCCCCCCCC(=O)CC(O)c1ccc(O)c(OC)c1. The summed E-state index contributed by atoms with van der Waals surface area (Å²) in [4.78, 5) is 12.0. The van der Waals surface area contributed by atoms with E-state index in [1.807, 2.05) is 0 Å². The molecule has 1 aromatic rings. The van der Waals surface area contributed by atoms with Gasteiger partial charge in [0.25, 0.3) is 0 Å². The maximum absolute atomic E-state index is 12.0. The molecule has 0 aliphatic heterocycles. The van der Waals surface area contributed by atoms with Crippen molar-refractivity contribution in [3.05, 3.63) is 23.8 Å². The maximum atomic E-state index is 12.0. The summed E-state index contributed by atoms with van der Waals surface area (Å²) in [5.74, 6) is 0.421. The van der Waals surface area contributed by atoms with Crippen LogP contribution in [0.25, 0.3) is 0 Å². The molecule has 1 aromatic carbocycles. The topological polar surface area (TPSA) is 66.8 Å². The minimum Gasteiger partial charge on any atom is -0.504 e. The van der Waals surface area contributed by atoms with E-state index in [2.05, 4.69) is 6.92 Å². The molecule has 4 nitrogen and oxygen atoms in total.